The van der Waals surface area contributed by atoms with Gasteiger partial charge in [0.05, 0.1) is 12.1 Å². The SMILES string of the molecule is CCNC(=NCCCOCC1CCOCC1)NCC#Cc1ccc(C(F)(F)F)cc1. The zero-order valence-electron chi connectivity index (χ0n) is 17.4. The Morgan fingerprint density at radius 2 is 1.93 bits per heavy atom. The van der Waals surface area contributed by atoms with Gasteiger partial charge < -0.3 is 20.1 Å². The van der Waals surface area contributed by atoms with Crippen LogP contribution < -0.4 is 10.6 Å². The molecule has 1 aromatic carbocycles. The summed E-state index contributed by atoms with van der Waals surface area (Å²) in [6.07, 6.45) is -1.36. The van der Waals surface area contributed by atoms with Gasteiger partial charge in [0.1, 0.15) is 0 Å². The van der Waals surface area contributed by atoms with Gasteiger partial charge in [0.2, 0.25) is 0 Å². The summed E-state index contributed by atoms with van der Waals surface area (Å²) in [7, 11) is 0. The molecule has 0 spiro atoms. The number of halogens is 3. The molecule has 0 aromatic heterocycles. The Morgan fingerprint density at radius 3 is 2.60 bits per heavy atom. The van der Waals surface area contributed by atoms with E-state index in [1.807, 2.05) is 6.92 Å². The number of nitrogens with one attached hydrogen (secondary N) is 2. The van der Waals surface area contributed by atoms with E-state index >= 15 is 0 Å². The smallest absolute Gasteiger partial charge is 0.381 e. The van der Waals surface area contributed by atoms with Crippen molar-refractivity contribution in [2.75, 3.05) is 46.1 Å². The van der Waals surface area contributed by atoms with Crippen LogP contribution in [0.25, 0.3) is 0 Å². The first-order valence-electron chi connectivity index (χ1n) is 10.3. The van der Waals surface area contributed by atoms with E-state index < -0.39 is 11.7 Å². The largest absolute Gasteiger partial charge is 0.416 e. The molecular formula is C22H30F3N3O2. The highest BCUT2D eigenvalue weighted by Crippen LogP contribution is 2.28. The van der Waals surface area contributed by atoms with Crippen molar-refractivity contribution in [1.29, 1.82) is 0 Å². The van der Waals surface area contributed by atoms with Crippen LogP contribution in [0.4, 0.5) is 13.2 Å². The van der Waals surface area contributed by atoms with Gasteiger partial charge in [0.15, 0.2) is 5.96 Å². The Labute approximate surface area is 176 Å². The van der Waals surface area contributed by atoms with Crippen molar-refractivity contribution < 1.29 is 22.6 Å². The lowest BCUT2D eigenvalue weighted by atomic mass is 10.0. The minimum atomic E-state index is -4.33. The number of alkyl halides is 3. The molecule has 2 rings (SSSR count). The normalized spacial score (nSPS) is 15.4. The van der Waals surface area contributed by atoms with E-state index in [9.17, 15) is 13.2 Å². The third kappa shape index (κ3) is 9.51. The average molecular weight is 425 g/mol. The first-order valence-corrected chi connectivity index (χ1v) is 10.3. The molecule has 1 aromatic rings. The number of ether oxygens (including phenoxy) is 2. The van der Waals surface area contributed by atoms with Crippen LogP contribution in [0.3, 0.4) is 0 Å². The molecule has 0 unspecified atom stereocenters. The molecule has 1 aliphatic rings. The number of benzene rings is 1. The fourth-order valence-corrected chi connectivity index (χ4v) is 2.88. The minimum Gasteiger partial charge on any atom is -0.381 e. The molecule has 2 N–H and O–H groups in total. The number of hydrogen-bond acceptors (Lipinski definition) is 3. The molecule has 0 amide bonds. The van der Waals surface area contributed by atoms with Crippen LogP contribution in [0.15, 0.2) is 29.3 Å². The predicted molar refractivity (Wildman–Crippen MR) is 111 cm³/mol. The van der Waals surface area contributed by atoms with Crippen molar-refractivity contribution in [2.45, 2.75) is 32.4 Å². The second-order valence-electron chi connectivity index (χ2n) is 6.98. The lowest BCUT2D eigenvalue weighted by Crippen LogP contribution is -2.37. The fourth-order valence-electron chi connectivity index (χ4n) is 2.88. The van der Waals surface area contributed by atoms with Gasteiger partial charge in [-0.05, 0) is 56.4 Å². The van der Waals surface area contributed by atoms with Crippen molar-refractivity contribution in [3.63, 3.8) is 0 Å². The van der Waals surface area contributed by atoms with Gasteiger partial charge in [-0.25, -0.2) is 0 Å². The molecule has 166 valence electrons. The Bertz CT molecular complexity index is 703. The van der Waals surface area contributed by atoms with Crippen molar-refractivity contribution in [1.82, 2.24) is 10.6 Å². The van der Waals surface area contributed by atoms with E-state index in [4.69, 9.17) is 9.47 Å². The van der Waals surface area contributed by atoms with E-state index in [1.54, 1.807) is 0 Å². The van der Waals surface area contributed by atoms with Gasteiger partial charge in [-0.3, -0.25) is 4.99 Å². The molecule has 0 atom stereocenters. The van der Waals surface area contributed by atoms with Gasteiger partial charge in [-0.2, -0.15) is 13.2 Å². The Hall–Kier alpha value is -2.24. The minimum absolute atomic E-state index is 0.340. The molecular weight excluding hydrogens is 395 g/mol. The zero-order chi connectivity index (χ0) is 21.7. The van der Waals surface area contributed by atoms with E-state index in [2.05, 4.69) is 27.5 Å². The Kier molecular flexibility index (Phi) is 10.5. The molecule has 30 heavy (non-hydrogen) atoms. The summed E-state index contributed by atoms with van der Waals surface area (Å²) in [5, 5.41) is 6.24. The Balaban J connectivity index is 1.67. The topological polar surface area (TPSA) is 54.9 Å². The highest BCUT2D eigenvalue weighted by molar-refractivity contribution is 5.80. The van der Waals surface area contributed by atoms with Gasteiger partial charge in [0, 0.05) is 45.1 Å². The quantitative estimate of drug-likeness (QED) is 0.290. The van der Waals surface area contributed by atoms with Crippen molar-refractivity contribution in [2.24, 2.45) is 10.9 Å². The van der Waals surface area contributed by atoms with Gasteiger partial charge in [-0.15, -0.1) is 0 Å². The van der Waals surface area contributed by atoms with Crippen LogP contribution in [-0.2, 0) is 15.7 Å². The second-order valence-corrected chi connectivity index (χ2v) is 6.98. The van der Waals surface area contributed by atoms with Crippen LogP contribution in [0.5, 0.6) is 0 Å². The summed E-state index contributed by atoms with van der Waals surface area (Å²) in [4.78, 5) is 4.48. The van der Waals surface area contributed by atoms with Crippen LogP contribution in [0, 0.1) is 17.8 Å². The second kappa shape index (κ2) is 13.1. The van der Waals surface area contributed by atoms with E-state index in [-0.39, 0.29) is 0 Å². The number of rotatable bonds is 8. The lowest BCUT2D eigenvalue weighted by molar-refractivity contribution is -0.137. The predicted octanol–water partition coefficient (Wildman–Crippen LogP) is 3.45. The zero-order valence-corrected chi connectivity index (χ0v) is 17.4. The summed E-state index contributed by atoms with van der Waals surface area (Å²) >= 11 is 0. The maximum Gasteiger partial charge on any atom is 0.416 e. The molecule has 5 nitrogen and oxygen atoms in total. The summed E-state index contributed by atoms with van der Waals surface area (Å²) in [6.45, 7) is 6.79. The molecule has 0 bridgehead atoms. The van der Waals surface area contributed by atoms with Crippen LogP contribution in [0.1, 0.15) is 37.3 Å². The van der Waals surface area contributed by atoms with Crippen LogP contribution in [0.2, 0.25) is 0 Å². The average Bonchev–Trinajstić information content (AvgIpc) is 2.74. The maximum absolute atomic E-state index is 12.6. The third-order valence-corrected chi connectivity index (χ3v) is 4.54. The number of aliphatic imine (C=N–C) groups is 1. The molecule has 0 saturated carbocycles. The highest BCUT2D eigenvalue weighted by atomic mass is 19.4. The van der Waals surface area contributed by atoms with E-state index in [1.165, 1.54) is 12.1 Å². The Morgan fingerprint density at radius 1 is 1.20 bits per heavy atom. The van der Waals surface area contributed by atoms with Gasteiger partial charge >= 0.3 is 6.18 Å². The first-order chi connectivity index (χ1) is 14.5. The number of nitrogens with zero attached hydrogens (tertiary/aromatic N) is 1. The van der Waals surface area contributed by atoms with Gasteiger partial charge in [-0.1, -0.05) is 11.8 Å². The molecule has 8 heteroatoms. The lowest BCUT2D eigenvalue weighted by Gasteiger charge is -2.21. The standard InChI is InChI=1S/C22H30F3N3O2/c1-2-26-21(28-13-4-14-30-17-19-10-15-29-16-11-19)27-12-3-5-18-6-8-20(9-7-18)22(23,24)25/h6-9,19H,2,4,10-17H2,1H3,(H2,26,27,28). The first kappa shape index (κ1) is 24.0. The van der Waals surface area contributed by atoms with E-state index in [0.29, 0.717) is 37.1 Å². The van der Waals surface area contributed by atoms with Crippen LogP contribution in [-0.4, -0.2) is 52.0 Å². The summed E-state index contributed by atoms with van der Waals surface area (Å²) in [5.74, 6) is 7.00. The third-order valence-electron chi connectivity index (χ3n) is 4.54. The molecule has 0 aliphatic carbocycles. The van der Waals surface area contributed by atoms with Crippen molar-refractivity contribution >= 4 is 5.96 Å². The fraction of sp³-hybridized carbons (Fsp3) is 0.591. The monoisotopic (exact) mass is 425 g/mol. The van der Waals surface area contributed by atoms with Crippen LogP contribution >= 0.6 is 0 Å². The molecule has 1 saturated heterocycles. The summed E-state index contributed by atoms with van der Waals surface area (Å²) in [5.41, 5.74) is -0.141. The molecule has 0 radical (unpaired) electrons. The van der Waals surface area contributed by atoms with Gasteiger partial charge in [0.25, 0.3) is 0 Å². The van der Waals surface area contributed by atoms with E-state index in [0.717, 1.165) is 57.8 Å². The number of hydrogen-bond donors (Lipinski definition) is 2. The van der Waals surface area contributed by atoms with Crippen molar-refractivity contribution in [3.05, 3.63) is 35.4 Å². The molecule has 1 heterocycles. The molecule has 1 fully saturated rings. The summed E-state index contributed by atoms with van der Waals surface area (Å²) in [6, 6.07) is 4.81. The summed E-state index contributed by atoms with van der Waals surface area (Å²) < 4.78 is 48.8. The maximum atomic E-state index is 12.6. The molecule has 1 aliphatic heterocycles. The number of guanidine groups is 1. The van der Waals surface area contributed by atoms with Crippen molar-refractivity contribution in [3.8, 4) is 11.8 Å². The highest BCUT2D eigenvalue weighted by Gasteiger charge is 2.29.